The van der Waals surface area contributed by atoms with Crippen LogP contribution in [0.15, 0.2) is 23.8 Å². The van der Waals surface area contributed by atoms with E-state index in [4.69, 9.17) is 0 Å². The van der Waals surface area contributed by atoms with Gasteiger partial charge in [0.05, 0.1) is 12.7 Å². The van der Waals surface area contributed by atoms with Crippen molar-refractivity contribution in [3.8, 4) is 0 Å². The van der Waals surface area contributed by atoms with Crippen LogP contribution in [0.4, 0.5) is 5.82 Å². The number of thiazole rings is 1. The molecule has 0 amide bonds. The molecule has 2 aromatic heterocycles. The van der Waals surface area contributed by atoms with Gasteiger partial charge in [0, 0.05) is 11.6 Å². The second-order valence-corrected chi connectivity index (χ2v) is 3.88. The number of aryl methyl sites for hydroxylation is 1. The fraction of sp³-hybridized carbons (Fsp3) is 0.222. The van der Waals surface area contributed by atoms with Crippen LogP contribution in [0.2, 0.25) is 0 Å². The molecule has 2 aromatic rings. The van der Waals surface area contributed by atoms with Crippen LogP contribution >= 0.6 is 11.3 Å². The van der Waals surface area contributed by atoms with Crippen LogP contribution in [0.3, 0.4) is 0 Å². The molecule has 72 valence electrons. The molecule has 0 bridgehead atoms. The van der Waals surface area contributed by atoms with E-state index in [1.54, 1.807) is 23.7 Å². The molecule has 14 heavy (non-hydrogen) atoms. The van der Waals surface area contributed by atoms with Gasteiger partial charge < -0.3 is 5.32 Å². The van der Waals surface area contributed by atoms with E-state index in [1.807, 2.05) is 18.4 Å². The molecule has 4 nitrogen and oxygen atoms in total. The fourth-order valence-corrected chi connectivity index (χ4v) is 1.61. The quantitative estimate of drug-likeness (QED) is 0.832. The van der Waals surface area contributed by atoms with Crippen LogP contribution in [-0.2, 0) is 6.54 Å². The highest BCUT2D eigenvalue weighted by atomic mass is 32.1. The van der Waals surface area contributed by atoms with Crippen molar-refractivity contribution in [1.29, 1.82) is 0 Å². The first-order valence-electron chi connectivity index (χ1n) is 4.26. The summed E-state index contributed by atoms with van der Waals surface area (Å²) in [6, 6.07) is 1.96. The summed E-state index contributed by atoms with van der Waals surface area (Å²) in [6.07, 6.45) is 3.53. The van der Waals surface area contributed by atoms with Gasteiger partial charge in [-0.3, -0.25) is 0 Å². The maximum absolute atomic E-state index is 4.16. The first-order chi connectivity index (χ1) is 6.84. The summed E-state index contributed by atoms with van der Waals surface area (Å²) in [4.78, 5) is 4.16. The molecule has 0 aliphatic rings. The van der Waals surface area contributed by atoms with E-state index < -0.39 is 0 Å². The van der Waals surface area contributed by atoms with Crippen LogP contribution in [0.5, 0.6) is 0 Å². The van der Waals surface area contributed by atoms with Crippen molar-refractivity contribution >= 4 is 17.2 Å². The van der Waals surface area contributed by atoms with E-state index in [2.05, 4.69) is 20.5 Å². The molecule has 2 heterocycles. The molecule has 0 saturated heterocycles. The summed E-state index contributed by atoms with van der Waals surface area (Å²) in [7, 11) is 0. The van der Waals surface area contributed by atoms with Crippen molar-refractivity contribution in [2.75, 3.05) is 5.32 Å². The van der Waals surface area contributed by atoms with Gasteiger partial charge in [-0.15, -0.1) is 16.4 Å². The van der Waals surface area contributed by atoms with Gasteiger partial charge in [-0.1, -0.05) is 0 Å². The Hall–Kier alpha value is -1.49. The normalized spacial score (nSPS) is 10.1. The Morgan fingerprint density at radius 2 is 2.43 bits per heavy atom. The smallest absolute Gasteiger partial charge is 0.149 e. The molecular formula is C9H10N4S. The van der Waals surface area contributed by atoms with E-state index in [1.165, 1.54) is 0 Å². The molecule has 0 saturated carbocycles. The third-order valence-corrected chi connectivity index (χ3v) is 2.48. The topological polar surface area (TPSA) is 50.7 Å². The van der Waals surface area contributed by atoms with Crippen LogP contribution in [0.1, 0.15) is 10.6 Å². The van der Waals surface area contributed by atoms with Crippen molar-refractivity contribution < 1.29 is 0 Å². The lowest BCUT2D eigenvalue weighted by atomic mass is 10.3. The standard InChI is InChI=1S/C9H10N4S/c1-7-4-8(13-12-5-7)11-6-9-10-2-3-14-9/h2-5H,6H2,1H3,(H,11,13). The second-order valence-electron chi connectivity index (χ2n) is 2.90. The Bertz CT molecular complexity index is 399. The molecule has 0 unspecified atom stereocenters. The van der Waals surface area contributed by atoms with Crippen molar-refractivity contribution in [3.05, 3.63) is 34.4 Å². The zero-order valence-electron chi connectivity index (χ0n) is 7.77. The van der Waals surface area contributed by atoms with E-state index >= 15 is 0 Å². The van der Waals surface area contributed by atoms with Crippen LogP contribution in [0, 0.1) is 6.92 Å². The van der Waals surface area contributed by atoms with Gasteiger partial charge in [-0.05, 0) is 18.6 Å². The fourth-order valence-electron chi connectivity index (χ4n) is 1.06. The lowest BCUT2D eigenvalue weighted by Gasteiger charge is -2.01. The minimum Gasteiger partial charge on any atom is -0.362 e. The van der Waals surface area contributed by atoms with Gasteiger partial charge in [0.25, 0.3) is 0 Å². The van der Waals surface area contributed by atoms with Crippen molar-refractivity contribution in [3.63, 3.8) is 0 Å². The van der Waals surface area contributed by atoms with Crippen LogP contribution in [0.25, 0.3) is 0 Å². The SMILES string of the molecule is Cc1cnnc(NCc2nccs2)c1. The maximum Gasteiger partial charge on any atom is 0.149 e. The number of nitrogens with zero attached hydrogens (tertiary/aromatic N) is 3. The van der Waals surface area contributed by atoms with Gasteiger partial charge >= 0.3 is 0 Å². The maximum atomic E-state index is 4.16. The first kappa shape index (κ1) is 9.08. The zero-order valence-corrected chi connectivity index (χ0v) is 8.58. The summed E-state index contributed by atoms with van der Waals surface area (Å²) in [6.45, 7) is 2.69. The Balaban J connectivity index is 1.98. The van der Waals surface area contributed by atoms with Gasteiger partial charge in [0.1, 0.15) is 10.8 Å². The molecule has 2 rings (SSSR count). The lowest BCUT2D eigenvalue weighted by molar-refractivity contribution is 0.983. The average Bonchev–Trinajstić information content (AvgIpc) is 2.67. The molecule has 5 heteroatoms. The molecule has 0 fully saturated rings. The highest BCUT2D eigenvalue weighted by Crippen LogP contribution is 2.08. The molecule has 1 N–H and O–H groups in total. The van der Waals surface area contributed by atoms with Crippen molar-refractivity contribution in [2.45, 2.75) is 13.5 Å². The molecule has 0 aliphatic carbocycles. The number of aromatic nitrogens is 3. The number of hydrogen-bond acceptors (Lipinski definition) is 5. The predicted octanol–water partition coefficient (Wildman–Crippen LogP) is 1.85. The molecule has 0 aromatic carbocycles. The summed E-state index contributed by atoms with van der Waals surface area (Å²) in [5, 5.41) is 14.0. The third kappa shape index (κ3) is 2.26. The lowest BCUT2D eigenvalue weighted by Crippen LogP contribution is -2.01. The first-order valence-corrected chi connectivity index (χ1v) is 5.14. The highest BCUT2D eigenvalue weighted by molar-refractivity contribution is 7.09. The summed E-state index contributed by atoms with van der Waals surface area (Å²) in [5.41, 5.74) is 1.10. The van der Waals surface area contributed by atoms with E-state index in [9.17, 15) is 0 Å². The molecule has 0 radical (unpaired) electrons. The number of nitrogens with one attached hydrogen (secondary N) is 1. The Morgan fingerprint density at radius 3 is 3.14 bits per heavy atom. The van der Waals surface area contributed by atoms with E-state index in [0.717, 1.165) is 16.4 Å². The third-order valence-electron chi connectivity index (χ3n) is 1.70. The summed E-state index contributed by atoms with van der Waals surface area (Å²) < 4.78 is 0. The predicted molar refractivity (Wildman–Crippen MR) is 56.2 cm³/mol. The number of hydrogen-bond donors (Lipinski definition) is 1. The largest absolute Gasteiger partial charge is 0.362 e. The highest BCUT2D eigenvalue weighted by Gasteiger charge is 1.97. The van der Waals surface area contributed by atoms with E-state index in [0.29, 0.717) is 6.54 Å². The second kappa shape index (κ2) is 4.15. The Morgan fingerprint density at radius 1 is 1.50 bits per heavy atom. The average molecular weight is 206 g/mol. The number of rotatable bonds is 3. The Labute approximate surface area is 86.0 Å². The Kier molecular flexibility index (Phi) is 2.69. The summed E-state index contributed by atoms with van der Waals surface area (Å²) >= 11 is 1.62. The van der Waals surface area contributed by atoms with Crippen LogP contribution < -0.4 is 5.32 Å². The zero-order chi connectivity index (χ0) is 9.80. The molecule has 0 aliphatic heterocycles. The van der Waals surface area contributed by atoms with Gasteiger partial charge in [0.15, 0.2) is 0 Å². The summed E-state index contributed by atoms with van der Waals surface area (Å²) in [5.74, 6) is 0.792. The van der Waals surface area contributed by atoms with Crippen molar-refractivity contribution in [1.82, 2.24) is 15.2 Å². The van der Waals surface area contributed by atoms with E-state index in [-0.39, 0.29) is 0 Å². The van der Waals surface area contributed by atoms with Crippen LogP contribution in [-0.4, -0.2) is 15.2 Å². The monoisotopic (exact) mass is 206 g/mol. The molecule has 0 atom stereocenters. The minimum absolute atomic E-state index is 0.704. The van der Waals surface area contributed by atoms with Crippen molar-refractivity contribution in [2.24, 2.45) is 0 Å². The van der Waals surface area contributed by atoms with Gasteiger partial charge in [0.2, 0.25) is 0 Å². The number of anilines is 1. The minimum atomic E-state index is 0.704. The molecular weight excluding hydrogens is 196 g/mol. The van der Waals surface area contributed by atoms with Gasteiger partial charge in [-0.2, -0.15) is 5.10 Å². The van der Waals surface area contributed by atoms with Gasteiger partial charge in [-0.25, -0.2) is 4.98 Å². The molecule has 0 spiro atoms.